The van der Waals surface area contributed by atoms with Gasteiger partial charge in [-0.2, -0.15) is 18.3 Å². The van der Waals surface area contributed by atoms with E-state index in [1.165, 1.54) is 5.69 Å². The van der Waals surface area contributed by atoms with E-state index in [9.17, 15) is 13.2 Å². The molecule has 1 aliphatic carbocycles. The van der Waals surface area contributed by atoms with Crippen molar-refractivity contribution >= 4 is 0 Å². The van der Waals surface area contributed by atoms with Crippen LogP contribution in [-0.2, 0) is 19.5 Å². The number of hydrogen-bond donors (Lipinski definition) is 1. The monoisotopic (exact) mass is 259 g/mol. The first-order valence-corrected chi connectivity index (χ1v) is 6.37. The van der Waals surface area contributed by atoms with Gasteiger partial charge in [0.1, 0.15) is 0 Å². The van der Waals surface area contributed by atoms with Gasteiger partial charge in [0, 0.05) is 30.4 Å². The van der Waals surface area contributed by atoms with Crippen LogP contribution in [0.2, 0.25) is 0 Å². The quantitative estimate of drug-likeness (QED) is 0.902. The first kappa shape index (κ1) is 12.0. The standard InChI is InChI=1S/C12H16F3N3/c13-12(14,15)9-4-10(5-9)16-6-8-7-17-18-3-1-2-11(8)18/h7,9-10,16H,1-6H2. The molecule has 0 atom stereocenters. The fourth-order valence-corrected chi connectivity index (χ4v) is 2.78. The molecule has 0 amide bonds. The van der Waals surface area contributed by atoms with Crippen molar-refractivity contribution in [2.24, 2.45) is 5.92 Å². The third-order valence-electron chi connectivity index (χ3n) is 4.00. The molecular formula is C12H16F3N3. The number of rotatable bonds is 3. The fourth-order valence-electron chi connectivity index (χ4n) is 2.78. The van der Waals surface area contributed by atoms with Crippen LogP contribution in [0.1, 0.15) is 30.5 Å². The SMILES string of the molecule is FC(F)(F)C1CC(NCc2cnn3c2CCC3)C1. The third kappa shape index (κ3) is 2.13. The van der Waals surface area contributed by atoms with E-state index >= 15 is 0 Å². The normalized spacial score (nSPS) is 27.1. The highest BCUT2D eigenvalue weighted by Crippen LogP contribution is 2.41. The van der Waals surface area contributed by atoms with Gasteiger partial charge in [-0.3, -0.25) is 4.68 Å². The second kappa shape index (κ2) is 4.26. The maximum absolute atomic E-state index is 12.3. The Morgan fingerprint density at radius 3 is 2.89 bits per heavy atom. The molecule has 3 rings (SSSR count). The molecule has 1 aromatic rings. The first-order chi connectivity index (χ1) is 8.54. The van der Waals surface area contributed by atoms with E-state index in [0.29, 0.717) is 6.54 Å². The summed E-state index contributed by atoms with van der Waals surface area (Å²) in [6.07, 6.45) is 0.404. The summed E-state index contributed by atoms with van der Waals surface area (Å²) in [7, 11) is 0. The smallest absolute Gasteiger partial charge is 0.310 e. The number of aryl methyl sites for hydroxylation is 1. The molecule has 2 heterocycles. The molecule has 3 nitrogen and oxygen atoms in total. The Hall–Kier alpha value is -1.04. The maximum Gasteiger partial charge on any atom is 0.391 e. The number of nitrogens with one attached hydrogen (secondary N) is 1. The van der Waals surface area contributed by atoms with Crippen molar-refractivity contribution in [2.45, 2.75) is 51.0 Å². The highest BCUT2D eigenvalue weighted by atomic mass is 19.4. The summed E-state index contributed by atoms with van der Waals surface area (Å²) in [5, 5.41) is 7.47. The lowest BCUT2D eigenvalue weighted by Gasteiger charge is -2.37. The summed E-state index contributed by atoms with van der Waals surface area (Å²) in [4.78, 5) is 0. The number of aromatic nitrogens is 2. The minimum atomic E-state index is -4.02. The van der Waals surface area contributed by atoms with Crippen molar-refractivity contribution in [3.05, 3.63) is 17.5 Å². The number of nitrogens with zero attached hydrogens (tertiary/aromatic N) is 2. The summed E-state index contributed by atoms with van der Waals surface area (Å²) >= 11 is 0. The maximum atomic E-state index is 12.3. The van der Waals surface area contributed by atoms with Crippen molar-refractivity contribution in [3.8, 4) is 0 Å². The van der Waals surface area contributed by atoms with Gasteiger partial charge in [0.25, 0.3) is 0 Å². The Morgan fingerprint density at radius 2 is 2.17 bits per heavy atom. The van der Waals surface area contributed by atoms with E-state index in [-0.39, 0.29) is 18.9 Å². The molecule has 1 aliphatic heterocycles. The lowest BCUT2D eigenvalue weighted by Crippen LogP contribution is -2.46. The zero-order valence-corrected chi connectivity index (χ0v) is 10.0. The lowest BCUT2D eigenvalue weighted by molar-refractivity contribution is -0.199. The number of halogens is 3. The van der Waals surface area contributed by atoms with Crippen LogP contribution in [0.25, 0.3) is 0 Å². The first-order valence-electron chi connectivity index (χ1n) is 6.37. The van der Waals surface area contributed by atoms with Gasteiger partial charge in [0.2, 0.25) is 0 Å². The summed E-state index contributed by atoms with van der Waals surface area (Å²) in [6, 6.07) is 0.00794. The van der Waals surface area contributed by atoms with Crippen molar-refractivity contribution in [3.63, 3.8) is 0 Å². The Labute approximate surface area is 103 Å². The molecule has 1 N–H and O–H groups in total. The van der Waals surface area contributed by atoms with Gasteiger partial charge in [0.05, 0.1) is 12.1 Å². The average molecular weight is 259 g/mol. The van der Waals surface area contributed by atoms with Crippen LogP contribution in [0.5, 0.6) is 0 Å². The van der Waals surface area contributed by atoms with Crippen LogP contribution in [0.15, 0.2) is 6.20 Å². The average Bonchev–Trinajstić information content (AvgIpc) is 2.76. The second-order valence-corrected chi connectivity index (χ2v) is 5.23. The third-order valence-corrected chi connectivity index (χ3v) is 4.00. The van der Waals surface area contributed by atoms with Gasteiger partial charge < -0.3 is 5.32 Å². The Morgan fingerprint density at radius 1 is 1.39 bits per heavy atom. The molecule has 0 aromatic carbocycles. The van der Waals surface area contributed by atoms with Gasteiger partial charge in [-0.25, -0.2) is 0 Å². The molecule has 1 aromatic heterocycles. The minimum absolute atomic E-state index is 0.00794. The largest absolute Gasteiger partial charge is 0.391 e. The van der Waals surface area contributed by atoms with Gasteiger partial charge >= 0.3 is 6.18 Å². The van der Waals surface area contributed by atoms with Crippen LogP contribution in [-0.4, -0.2) is 22.0 Å². The van der Waals surface area contributed by atoms with Gasteiger partial charge in [-0.15, -0.1) is 0 Å². The summed E-state index contributed by atoms with van der Waals surface area (Å²) < 4.78 is 39.0. The van der Waals surface area contributed by atoms with Crippen molar-refractivity contribution in [1.29, 1.82) is 0 Å². The molecule has 100 valence electrons. The molecule has 6 heteroatoms. The van der Waals surface area contributed by atoms with Crippen molar-refractivity contribution in [2.75, 3.05) is 0 Å². The van der Waals surface area contributed by atoms with Crippen molar-refractivity contribution < 1.29 is 13.2 Å². The van der Waals surface area contributed by atoms with E-state index < -0.39 is 12.1 Å². The van der Waals surface area contributed by atoms with Crippen LogP contribution < -0.4 is 5.32 Å². The zero-order chi connectivity index (χ0) is 12.8. The molecular weight excluding hydrogens is 243 g/mol. The van der Waals surface area contributed by atoms with E-state index in [1.54, 1.807) is 0 Å². The Bertz CT molecular complexity index is 432. The van der Waals surface area contributed by atoms with Crippen LogP contribution in [0.4, 0.5) is 13.2 Å². The molecule has 0 spiro atoms. The Kier molecular flexibility index (Phi) is 2.84. The predicted octanol–water partition coefficient (Wildman–Crippen LogP) is 2.26. The van der Waals surface area contributed by atoms with Gasteiger partial charge in [-0.1, -0.05) is 0 Å². The van der Waals surface area contributed by atoms with Crippen LogP contribution in [0.3, 0.4) is 0 Å². The van der Waals surface area contributed by atoms with Crippen molar-refractivity contribution in [1.82, 2.24) is 15.1 Å². The van der Waals surface area contributed by atoms with Crippen LogP contribution in [0, 0.1) is 5.92 Å². The summed E-state index contributed by atoms with van der Waals surface area (Å²) in [5.41, 5.74) is 2.39. The van der Waals surface area contributed by atoms with E-state index in [0.717, 1.165) is 24.9 Å². The second-order valence-electron chi connectivity index (χ2n) is 5.23. The molecule has 1 saturated carbocycles. The number of fused-ring (bicyclic) bond motifs is 1. The minimum Gasteiger partial charge on any atom is -0.310 e. The molecule has 0 radical (unpaired) electrons. The summed E-state index contributed by atoms with van der Waals surface area (Å²) in [5.74, 6) is -1.10. The molecule has 0 bridgehead atoms. The molecule has 2 aliphatic rings. The van der Waals surface area contributed by atoms with E-state index in [1.807, 2.05) is 10.9 Å². The molecule has 0 unspecified atom stereocenters. The highest BCUT2D eigenvalue weighted by Gasteiger charge is 2.47. The zero-order valence-electron chi connectivity index (χ0n) is 10.0. The fraction of sp³-hybridized carbons (Fsp3) is 0.750. The Balaban J connectivity index is 1.49. The van der Waals surface area contributed by atoms with Gasteiger partial charge in [-0.05, 0) is 25.7 Å². The predicted molar refractivity (Wildman–Crippen MR) is 60.0 cm³/mol. The number of alkyl halides is 3. The van der Waals surface area contributed by atoms with Crippen LogP contribution >= 0.6 is 0 Å². The van der Waals surface area contributed by atoms with E-state index in [4.69, 9.17) is 0 Å². The highest BCUT2D eigenvalue weighted by molar-refractivity contribution is 5.20. The lowest BCUT2D eigenvalue weighted by atomic mass is 9.80. The van der Waals surface area contributed by atoms with E-state index in [2.05, 4.69) is 10.4 Å². The molecule has 1 fully saturated rings. The molecule has 0 saturated heterocycles. The van der Waals surface area contributed by atoms with Gasteiger partial charge in [0.15, 0.2) is 0 Å². The topological polar surface area (TPSA) is 29.9 Å². The number of hydrogen-bond acceptors (Lipinski definition) is 2. The molecule has 18 heavy (non-hydrogen) atoms. The summed E-state index contributed by atoms with van der Waals surface area (Å²) in [6.45, 7) is 1.61.